The molecular weight excluding hydrogens is 234 g/mol. The van der Waals surface area contributed by atoms with Crippen molar-refractivity contribution in [2.75, 3.05) is 6.54 Å². The molecule has 0 aliphatic carbocycles. The van der Waals surface area contributed by atoms with Gasteiger partial charge in [0.05, 0.1) is 6.04 Å². The van der Waals surface area contributed by atoms with Crippen LogP contribution in [-0.2, 0) is 0 Å². The van der Waals surface area contributed by atoms with Crippen LogP contribution in [-0.4, -0.2) is 28.5 Å². The zero-order valence-corrected chi connectivity index (χ0v) is 12.4. The standard InChI is InChI=1S/C16H27N3/c1-4-15(17)16(14-8-5-9-18-11-14)19-10-6-7-12(2)13(19)3/h5,8-9,11-13,15-16H,4,6-7,10,17H2,1-3H3. The van der Waals surface area contributed by atoms with Crippen molar-refractivity contribution < 1.29 is 0 Å². The number of aromatic nitrogens is 1. The van der Waals surface area contributed by atoms with Gasteiger partial charge in [-0.05, 0) is 50.3 Å². The highest BCUT2D eigenvalue weighted by Crippen LogP contribution is 2.33. The molecule has 3 nitrogen and oxygen atoms in total. The lowest BCUT2D eigenvalue weighted by molar-refractivity contribution is 0.0545. The maximum atomic E-state index is 6.42. The summed E-state index contributed by atoms with van der Waals surface area (Å²) in [6, 6.07) is 5.26. The van der Waals surface area contributed by atoms with Gasteiger partial charge < -0.3 is 5.73 Å². The van der Waals surface area contributed by atoms with Crippen LogP contribution in [0.4, 0.5) is 0 Å². The Labute approximate surface area is 117 Å². The number of rotatable bonds is 4. The van der Waals surface area contributed by atoms with E-state index < -0.39 is 0 Å². The quantitative estimate of drug-likeness (QED) is 0.906. The predicted molar refractivity (Wildman–Crippen MR) is 79.8 cm³/mol. The third-order valence-electron chi connectivity index (χ3n) is 4.68. The average Bonchev–Trinajstić information content (AvgIpc) is 2.44. The van der Waals surface area contributed by atoms with Crippen LogP contribution in [0.1, 0.15) is 51.6 Å². The smallest absolute Gasteiger partial charge is 0.0517 e. The van der Waals surface area contributed by atoms with E-state index in [1.807, 2.05) is 18.5 Å². The molecule has 19 heavy (non-hydrogen) atoms. The molecule has 0 radical (unpaired) electrons. The Kier molecular flexibility index (Phi) is 4.94. The molecule has 4 unspecified atom stereocenters. The minimum absolute atomic E-state index is 0.178. The molecule has 0 amide bonds. The van der Waals surface area contributed by atoms with E-state index in [9.17, 15) is 0 Å². The van der Waals surface area contributed by atoms with Gasteiger partial charge >= 0.3 is 0 Å². The molecule has 1 fully saturated rings. The summed E-state index contributed by atoms with van der Waals surface area (Å²) < 4.78 is 0. The molecule has 2 N–H and O–H groups in total. The van der Waals surface area contributed by atoms with Crippen molar-refractivity contribution in [1.82, 2.24) is 9.88 Å². The summed E-state index contributed by atoms with van der Waals surface area (Å²) in [5.41, 5.74) is 7.68. The first-order valence-corrected chi connectivity index (χ1v) is 7.56. The number of hydrogen-bond acceptors (Lipinski definition) is 3. The summed E-state index contributed by atoms with van der Waals surface area (Å²) in [5, 5.41) is 0. The molecule has 1 aromatic rings. The topological polar surface area (TPSA) is 42.1 Å². The number of nitrogens with two attached hydrogens (primary N) is 1. The average molecular weight is 261 g/mol. The number of likely N-dealkylation sites (tertiary alicyclic amines) is 1. The molecule has 0 bridgehead atoms. The highest BCUT2D eigenvalue weighted by Gasteiger charge is 2.33. The van der Waals surface area contributed by atoms with Gasteiger partial charge in [-0.1, -0.05) is 19.9 Å². The molecule has 2 heterocycles. The highest BCUT2D eigenvalue weighted by atomic mass is 15.2. The molecule has 4 atom stereocenters. The molecule has 3 heteroatoms. The zero-order valence-electron chi connectivity index (χ0n) is 12.4. The molecule has 0 aromatic carbocycles. The predicted octanol–water partition coefficient (Wildman–Crippen LogP) is 2.98. The largest absolute Gasteiger partial charge is 0.326 e. The Hall–Kier alpha value is -0.930. The van der Waals surface area contributed by atoms with Crippen molar-refractivity contribution in [2.24, 2.45) is 11.7 Å². The normalized spacial score (nSPS) is 28.0. The van der Waals surface area contributed by atoms with Crippen LogP contribution in [0.15, 0.2) is 24.5 Å². The van der Waals surface area contributed by atoms with E-state index in [0.29, 0.717) is 12.1 Å². The maximum absolute atomic E-state index is 6.42. The second-order valence-corrected chi connectivity index (χ2v) is 5.90. The van der Waals surface area contributed by atoms with E-state index >= 15 is 0 Å². The van der Waals surface area contributed by atoms with Gasteiger partial charge in [0.15, 0.2) is 0 Å². The summed E-state index contributed by atoms with van der Waals surface area (Å²) in [5.74, 6) is 0.747. The van der Waals surface area contributed by atoms with Crippen LogP contribution in [0.25, 0.3) is 0 Å². The zero-order chi connectivity index (χ0) is 13.8. The monoisotopic (exact) mass is 261 g/mol. The Morgan fingerprint density at radius 2 is 2.26 bits per heavy atom. The van der Waals surface area contributed by atoms with Crippen molar-refractivity contribution in [1.29, 1.82) is 0 Å². The second-order valence-electron chi connectivity index (χ2n) is 5.90. The van der Waals surface area contributed by atoms with Crippen molar-refractivity contribution in [3.05, 3.63) is 30.1 Å². The Morgan fingerprint density at radius 1 is 1.47 bits per heavy atom. The van der Waals surface area contributed by atoms with E-state index in [-0.39, 0.29) is 6.04 Å². The molecule has 106 valence electrons. The van der Waals surface area contributed by atoms with Gasteiger partial charge in [-0.15, -0.1) is 0 Å². The molecule has 1 aliphatic rings. The molecule has 2 rings (SSSR count). The third kappa shape index (κ3) is 3.15. The lowest BCUT2D eigenvalue weighted by Crippen LogP contribution is -2.50. The lowest BCUT2D eigenvalue weighted by atomic mass is 9.87. The fraction of sp³-hybridized carbons (Fsp3) is 0.688. The van der Waals surface area contributed by atoms with E-state index in [2.05, 4.69) is 36.7 Å². The first kappa shape index (κ1) is 14.5. The molecule has 1 aliphatic heterocycles. The van der Waals surface area contributed by atoms with E-state index in [4.69, 9.17) is 5.73 Å². The SMILES string of the molecule is CCC(N)C(c1cccnc1)N1CCCC(C)C1C. The van der Waals surface area contributed by atoms with Crippen molar-refractivity contribution in [2.45, 2.75) is 58.2 Å². The van der Waals surface area contributed by atoms with Crippen LogP contribution in [0.3, 0.4) is 0 Å². The van der Waals surface area contributed by atoms with Crippen molar-refractivity contribution in [3.63, 3.8) is 0 Å². The Morgan fingerprint density at radius 3 is 2.89 bits per heavy atom. The molecule has 0 saturated carbocycles. The fourth-order valence-corrected chi connectivity index (χ4v) is 3.22. The van der Waals surface area contributed by atoms with Crippen LogP contribution in [0.2, 0.25) is 0 Å². The Balaban J connectivity index is 2.27. The van der Waals surface area contributed by atoms with Gasteiger partial charge in [0, 0.05) is 24.5 Å². The van der Waals surface area contributed by atoms with Gasteiger partial charge in [0.2, 0.25) is 0 Å². The first-order chi connectivity index (χ1) is 9.15. The van der Waals surface area contributed by atoms with Crippen LogP contribution >= 0.6 is 0 Å². The summed E-state index contributed by atoms with van der Waals surface area (Å²) in [6.45, 7) is 8.02. The molecule has 0 spiro atoms. The maximum Gasteiger partial charge on any atom is 0.0517 e. The Bertz CT molecular complexity index is 379. The minimum Gasteiger partial charge on any atom is -0.326 e. The van der Waals surface area contributed by atoms with Crippen molar-refractivity contribution in [3.8, 4) is 0 Å². The summed E-state index contributed by atoms with van der Waals surface area (Å²) in [6.07, 6.45) is 7.42. The van der Waals surface area contributed by atoms with E-state index in [1.165, 1.54) is 18.4 Å². The van der Waals surface area contributed by atoms with E-state index in [1.54, 1.807) is 0 Å². The fourth-order valence-electron chi connectivity index (χ4n) is 3.22. The van der Waals surface area contributed by atoms with Gasteiger partial charge in [0.25, 0.3) is 0 Å². The highest BCUT2D eigenvalue weighted by molar-refractivity contribution is 5.17. The van der Waals surface area contributed by atoms with E-state index in [0.717, 1.165) is 18.9 Å². The molecular formula is C16H27N3. The van der Waals surface area contributed by atoms with Crippen molar-refractivity contribution >= 4 is 0 Å². The first-order valence-electron chi connectivity index (χ1n) is 7.56. The number of piperidine rings is 1. The summed E-state index contributed by atoms with van der Waals surface area (Å²) in [4.78, 5) is 6.88. The third-order valence-corrected chi connectivity index (χ3v) is 4.68. The van der Waals surface area contributed by atoms with Crippen LogP contribution in [0.5, 0.6) is 0 Å². The lowest BCUT2D eigenvalue weighted by Gasteiger charge is -2.45. The second kappa shape index (κ2) is 6.49. The number of hydrogen-bond donors (Lipinski definition) is 1. The van der Waals surface area contributed by atoms with Crippen LogP contribution < -0.4 is 5.73 Å². The van der Waals surface area contributed by atoms with Crippen LogP contribution in [0, 0.1) is 5.92 Å². The number of pyridine rings is 1. The minimum atomic E-state index is 0.178. The number of nitrogens with zero attached hydrogens (tertiary/aromatic N) is 2. The summed E-state index contributed by atoms with van der Waals surface area (Å²) in [7, 11) is 0. The van der Waals surface area contributed by atoms with Gasteiger partial charge in [-0.3, -0.25) is 9.88 Å². The van der Waals surface area contributed by atoms with Gasteiger partial charge in [-0.25, -0.2) is 0 Å². The molecule has 1 saturated heterocycles. The molecule has 1 aromatic heterocycles. The summed E-state index contributed by atoms with van der Waals surface area (Å²) >= 11 is 0. The van der Waals surface area contributed by atoms with Gasteiger partial charge in [-0.2, -0.15) is 0 Å². The van der Waals surface area contributed by atoms with Gasteiger partial charge in [0.1, 0.15) is 0 Å².